The number of ether oxygens (including phenoxy) is 1. The highest BCUT2D eigenvalue weighted by Gasteiger charge is 2.35. The molecule has 1 fully saturated rings. The van der Waals surface area contributed by atoms with Gasteiger partial charge in [-0.2, -0.15) is 0 Å². The smallest absolute Gasteiger partial charge is 0.250 e. The molecule has 1 N–H and O–H groups in total. The summed E-state index contributed by atoms with van der Waals surface area (Å²) < 4.78 is 7.27. The third-order valence-corrected chi connectivity index (χ3v) is 6.39. The number of nitrogens with zero attached hydrogens (tertiary/aromatic N) is 2. The van der Waals surface area contributed by atoms with Crippen LogP contribution in [0.4, 0.5) is 0 Å². The first-order valence-corrected chi connectivity index (χ1v) is 10.1. The Kier molecular flexibility index (Phi) is 4.32. The topological polar surface area (TPSA) is 67.3 Å². The van der Waals surface area contributed by atoms with Crippen molar-refractivity contribution in [1.29, 1.82) is 0 Å². The lowest BCUT2D eigenvalue weighted by Gasteiger charge is -2.42. The molecule has 0 unspecified atom stereocenters. The van der Waals surface area contributed by atoms with E-state index in [0.717, 1.165) is 59.7 Å². The summed E-state index contributed by atoms with van der Waals surface area (Å²) in [7, 11) is 1.64. The molecule has 4 heterocycles. The van der Waals surface area contributed by atoms with Crippen LogP contribution >= 0.6 is 0 Å². The van der Waals surface area contributed by atoms with Gasteiger partial charge in [-0.25, -0.2) is 0 Å². The number of hydrogen-bond donors (Lipinski definition) is 1. The average molecular weight is 391 g/mol. The summed E-state index contributed by atoms with van der Waals surface area (Å²) in [6.07, 6.45) is 1.09. The fourth-order valence-corrected chi connectivity index (χ4v) is 5.20. The molecule has 6 nitrogen and oxygen atoms in total. The molecule has 2 aliphatic heterocycles. The lowest BCUT2D eigenvalue weighted by molar-refractivity contribution is 0.0818. The standard InChI is InChI=1S/C23H25N3O3/c1-14-23(18-9-17(29-2)6-7-19(18)24-14)21(27)13-25-10-15-8-16(12-25)20-4-3-5-22(28)26(20)11-15/h3-7,9,15-16,24H,8,10-13H2,1-2H3/t15-,16-/m1/s1. The predicted octanol–water partition coefficient (Wildman–Crippen LogP) is 2.95. The maximum atomic E-state index is 13.3. The van der Waals surface area contributed by atoms with Gasteiger partial charge in [-0.15, -0.1) is 0 Å². The Balaban J connectivity index is 1.41. The van der Waals surface area contributed by atoms with E-state index in [1.807, 2.05) is 35.8 Å². The van der Waals surface area contributed by atoms with Crippen molar-refractivity contribution in [3.8, 4) is 5.75 Å². The van der Waals surface area contributed by atoms with Crippen LogP contribution in [0, 0.1) is 12.8 Å². The highest BCUT2D eigenvalue weighted by Crippen LogP contribution is 2.35. The second-order valence-electron chi connectivity index (χ2n) is 8.35. The second kappa shape index (κ2) is 6.88. The monoisotopic (exact) mass is 391 g/mol. The molecule has 5 rings (SSSR count). The maximum absolute atomic E-state index is 13.3. The molecule has 150 valence electrons. The fourth-order valence-electron chi connectivity index (χ4n) is 5.20. The Labute approximate surface area is 169 Å². The molecule has 0 saturated carbocycles. The zero-order valence-corrected chi connectivity index (χ0v) is 16.8. The molecule has 0 amide bonds. The van der Waals surface area contributed by atoms with Crippen molar-refractivity contribution in [2.75, 3.05) is 26.7 Å². The van der Waals surface area contributed by atoms with Gasteiger partial charge in [0.25, 0.3) is 5.56 Å². The van der Waals surface area contributed by atoms with Gasteiger partial charge in [0.2, 0.25) is 0 Å². The minimum absolute atomic E-state index is 0.0880. The molecule has 0 spiro atoms. The molecular formula is C23H25N3O3. The highest BCUT2D eigenvalue weighted by atomic mass is 16.5. The molecule has 2 aromatic heterocycles. The van der Waals surface area contributed by atoms with Crippen molar-refractivity contribution in [3.05, 3.63) is 63.7 Å². The average Bonchev–Trinajstić information content (AvgIpc) is 3.03. The van der Waals surface area contributed by atoms with Crippen LogP contribution in [0.3, 0.4) is 0 Å². The Morgan fingerprint density at radius 1 is 1.21 bits per heavy atom. The van der Waals surface area contributed by atoms with E-state index in [1.54, 1.807) is 13.2 Å². The summed E-state index contributed by atoms with van der Waals surface area (Å²) in [6, 6.07) is 11.3. The number of carbonyl (C=O) groups is 1. The zero-order valence-electron chi connectivity index (χ0n) is 16.8. The lowest BCUT2D eigenvalue weighted by Crippen LogP contribution is -2.48. The first kappa shape index (κ1) is 18.2. The molecule has 2 aliphatic rings. The zero-order chi connectivity index (χ0) is 20.1. The number of pyridine rings is 1. The third-order valence-electron chi connectivity index (χ3n) is 6.39. The van der Waals surface area contributed by atoms with E-state index in [4.69, 9.17) is 4.74 Å². The number of H-pyrrole nitrogens is 1. The van der Waals surface area contributed by atoms with Crippen LogP contribution < -0.4 is 10.3 Å². The number of aryl methyl sites for hydroxylation is 1. The van der Waals surface area contributed by atoms with Gasteiger partial charge < -0.3 is 14.3 Å². The first-order chi connectivity index (χ1) is 14.0. The number of aromatic amines is 1. The molecule has 1 saturated heterocycles. The van der Waals surface area contributed by atoms with Gasteiger partial charge in [0.05, 0.1) is 13.7 Å². The van der Waals surface area contributed by atoms with Crippen LogP contribution in [-0.4, -0.2) is 47.0 Å². The normalized spacial score (nSPS) is 21.2. The van der Waals surface area contributed by atoms with Crippen LogP contribution in [-0.2, 0) is 6.54 Å². The van der Waals surface area contributed by atoms with Crippen molar-refractivity contribution in [1.82, 2.24) is 14.5 Å². The summed E-state index contributed by atoms with van der Waals surface area (Å²) in [5, 5.41) is 0.918. The number of aromatic nitrogens is 2. The van der Waals surface area contributed by atoms with Gasteiger partial charge in [-0.05, 0) is 43.5 Å². The summed E-state index contributed by atoms with van der Waals surface area (Å²) in [4.78, 5) is 31.1. The molecule has 3 aromatic rings. The number of carbonyl (C=O) groups excluding carboxylic acids is 1. The number of Topliss-reactive ketones (excluding diaryl/α,β-unsaturated/α-hetero) is 1. The molecule has 0 aliphatic carbocycles. The van der Waals surface area contributed by atoms with Crippen molar-refractivity contribution in [3.63, 3.8) is 0 Å². The molecule has 0 radical (unpaired) electrons. The summed E-state index contributed by atoms with van der Waals surface area (Å²) in [5.74, 6) is 1.61. The Morgan fingerprint density at radius 3 is 2.90 bits per heavy atom. The number of likely N-dealkylation sites (tertiary alicyclic amines) is 1. The van der Waals surface area contributed by atoms with Crippen LogP contribution in [0.25, 0.3) is 10.9 Å². The van der Waals surface area contributed by atoms with E-state index < -0.39 is 0 Å². The molecule has 2 atom stereocenters. The van der Waals surface area contributed by atoms with Gasteiger partial charge >= 0.3 is 0 Å². The number of hydrogen-bond acceptors (Lipinski definition) is 4. The second-order valence-corrected chi connectivity index (χ2v) is 8.35. The Bertz CT molecular complexity index is 1160. The number of methoxy groups -OCH3 is 1. The number of ketones is 1. The minimum atomic E-state index is 0.0880. The Hall–Kier alpha value is -2.86. The fraction of sp³-hybridized carbons (Fsp3) is 0.391. The van der Waals surface area contributed by atoms with Crippen LogP contribution in [0.15, 0.2) is 41.2 Å². The van der Waals surface area contributed by atoms with Crippen LogP contribution in [0.1, 0.15) is 34.1 Å². The van der Waals surface area contributed by atoms with Crippen molar-refractivity contribution in [2.45, 2.75) is 25.8 Å². The van der Waals surface area contributed by atoms with Gasteiger partial charge in [-0.3, -0.25) is 14.5 Å². The van der Waals surface area contributed by atoms with E-state index >= 15 is 0 Å². The minimum Gasteiger partial charge on any atom is -0.497 e. The predicted molar refractivity (Wildman–Crippen MR) is 112 cm³/mol. The lowest BCUT2D eigenvalue weighted by atomic mass is 9.83. The number of fused-ring (bicyclic) bond motifs is 5. The van der Waals surface area contributed by atoms with E-state index in [0.29, 0.717) is 18.4 Å². The van der Waals surface area contributed by atoms with Crippen LogP contribution in [0.2, 0.25) is 0 Å². The quantitative estimate of drug-likeness (QED) is 0.695. The third kappa shape index (κ3) is 3.08. The number of rotatable bonds is 4. The molecule has 2 bridgehead atoms. The van der Waals surface area contributed by atoms with E-state index in [1.165, 1.54) is 0 Å². The molecule has 6 heteroatoms. The molecule has 29 heavy (non-hydrogen) atoms. The number of piperidine rings is 1. The summed E-state index contributed by atoms with van der Waals surface area (Å²) in [5.41, 5.74) is 3.80. The van der Waals surface area contributed by atoms with E-state index in [-0.39, 0.29) is 11.3 Å². The number of nitrogens with one attached hydrogen (secondary N) is 1. The van der Waals surface area contributed by atoms with Crippen molar-refractivity contribution < 1.29 is 9.53 Å². The van der Waals surface area contributed by atoms with E-state index in [2.05, 4.69) is 16.0 Å². The van der Waals surface area contributed by atoms with Gasteiger partial charge in [0.15, 0.2) is 5.78 Å². The van der Waals surface area contributed by atoms with Gasteiger partial charge in [0, 0.05) is 59.5 Å². The molecule has 1 aromatic carbocycles. The summed E-state index contributed by atoms with van der Waals surface area (Å²) in [6.45, 7) is 4.77. The Morgan fingerprint density at radius 2 is 2.07 bits per heavy atom. The van der Waals surface area contributed by atoms with Crippen molar-refractivity contribution in [2.24, 2.45) is 5.92 Å². The largest absolute Gasteiger partial charge is 0.497 e. The highest BCUT2D eigenvalue weighted by molar-refractivity contribution is 6.10. The SMILES string of the molecule is COc1ccc2[nH]c(C)c(C(=O)CN3C[C@H]4C[C@H](C3)c3cccc(=O)n3C4)c2c1. The van der Waals surface area contributed by atoms with Gasteiger partial charge in [0.1, 0.15) is 5.75 Å². The number of benzene rings is 1. The first-order valence-electron chi connectivity index (χ1n) is 10.1. The van der Waals surface area contributed by atoms with Crippen molar-refractivity contribution >= 4 is 16.7 Å². The van der Waals surface area contributed by atoms with E-state index in [9.17, 15) is 9.59 Å². The molecular weight excluding hydrogens is 366 g/mol. The summed E-state index contributed by atoms with van der Waals surface area (Å²) >= 11 is 0. The van der Waals surface area contributed by atoms with Gasteiger partial charge in [-0.1, -0.05) is 6.07 Å². The van der Waals surface area contributed by atoms with Crippen LogP contribution in [0.5, 0.6) is 5.75 Å². The maximum Gasteiger partial charge on any atom is 0.250 e.